The number of benzene rings is 2. The smallest absolute Gasteiger partial charge is 0.352 e. The number of rotatable bonds is 19. The van der Waals surface area contributed by atoms with Crippen LogP contribution in [0.15, 0.2) is 72.8 Å². The number of ether oxygens (including phenoxy) is 4. The lowest BCUT2D eigenvalue weighted by Gasteiger charge is -2.64. The predicted molar refractivity (Wildman–Crippen MR) is 214 cm³/mol. The third-order valence-electron chi connectivity index (χ3n) is 14.1. The monoisotopic (exact) mass is 834 g/mol. The van der Waals surface area contributed by atoms with Crippen LogP contribution >= 0.6 is 0 Å². The van der Waals surface area contributed by atoms with E-state index >= 15 is 0 Å². The van der Waals surface area contributed by atoms with Crippen molar-refractivity contribution in [2.45, 2.75) is 111 Å². The zero-order valence-corrected chi connectivity index (χ0v) is 35.3. The summed E-state index contributed by atoms with van der Waals surface area (Å²) in [6.07, 6.45) is 9.26. The van der Waals surface area contributed by atoms with Gasteiger partial charge in [-0.2, -0.15) is 16.8 Å². The van der Waals surface area contributed by atoms with Gasteiger partial charge in [-0.15, -0.1) is 0 Å². The van der Waals surface area contributed by atoms with Crippen molar-refractivity contribution < 1.29 is 53.3 Å². The Hall–Kier alpha value is -2.24. The van der Waals surface area contributed by atoms with Crippen molar-refractivity contribution in [3.8, 4) is 0 Å². The lowest BCUT2D eigenvalue weighted by molar-refractivity contribution is -0.249. The maximum atomic E-state index is 12.2. The van der Waals surface area contributed by atoms with Crippen molar-refractivity contribution in [3.05, 3.63) is 83.9 Å². The van der Waals surface area contributed by atoms with Gasteiger partial charge in [-0.1, -0.05) is 101 Å². The van der Waals surface area contributed by atoms with Crippen LogP contribution in [-0.2, 0) is 61.3 Å². The Morgan fingerprint density at radius 3 is 1.95 bits per heavy atom. The molecular weight excluding hydrogens is 773 g/mol. The maximum absolute atomic E-state index is 12.2. The van der Waals surface area contributed by atoms with Crippen LogP contribution in [0.5, 0.6) is 0 Å². The van der Waals surface area contributed by atoms with Gasteiger partial charge >= 0.3 is 20.8 Å². The first-order valence-corrected chi connectivity index (χ1v) is 23.2. The van der Waals surface area contributed by atoms with E-state index in [1.54, 1.807) is 0 Å². The van der Waals surface area contributed by atoms with Crippen LogP contribution in [0.3, 0.4) is 0 Å². The van der Waals surface area contributed by atoms with E-state index in [0.717, 1.165) is 49.7 Å². The van der Waals surface area contributed by atoms with Crippen molar-refractivity contribution in [2.24, 2.45) is 52.3 Å². The second-order valence-electron chi connectivity index (χ2n) is 17.5. The van der Waals surface area contributed by atoms with E-state index in [1.165, 1.54) is 0 Å². The molecule has 2 N–H and O–H groups in total. The fourth-order valence-electron chi connectivity index (χ4n) is 11.5. The van der Waals surface area contributed by atoms with Crippen LogP contribution in [-0.4, -0.2) is 64.4 Å². The molecule has 12 atom stereocenters. The van der Waals surface area contributed by atoms with Gasteiger partial charge in [0.25, 0.3) is 0 Å². The van der Waals surface area contributed by atoms with E-state index < -0.39 is 33.0 Å². The highest BCUT2D eigenvalue weighted by Crippen LogP contribution is 2.69. The SMILES string of the molecule is C[C@H](C/C=C/[C@H](C)COS(=O)(=O)O)[C@H]1CC[C@H]2[C@@H]3[C@H](OCOCc4ccccc4)C[C@H]4[C@@H](OCOCc5ccccc5)[C@H](OS(=O)(=O)O)CC[C@]4(C)[C@H]3CC[C@]12C. The number of fused-ring (bicyclic) bond motifs is 5. The molecule has 2 aromatic carbocycles. The summed E-state index contributed by atoms with van der Waals surface area (Å²) in [5.74, 6) is 1.53. The van der Waals surface area contributed by atoms with E-state index in [1.807, 2.05) is 73.7 Å². The molecule has 0 bridgehead atoms. The van der Waals surface area contributed by atoms with Gasteiger partial charge in [0.1, 0.15) is 19.7 Å². The van der Waals surface area contributed by atoms with E-state index in [-0.39, 0.29) is 60.8 Å². The largest absolute Gasteiger partial charge is 0.397 e. The van der Waals surface area contributed by atoms with Crippen molar-refractivity contribution in [1.82, 2.24) is 0 Å². The molecule has 57 heavy (non-hydrogen) atoms. The summed E-state index contributed by atoms with van der Waals surface area (Å²) < 4.78 is 101. The van der Waals surface area contributed by atoms with Gasteiger partial charge in [0, 0.05) is 0 Å². The van der Waals surface area contributed by atoms with E-state index in [0.29, 0.717) is 43.8 Å². The molecule has 4 aliphatic rings. The zero-order chi connectivity index (χ0) is 40.8. The average Bonchev–Trinajstić information content (AvgIpc) is 3.52. The molecule has 0 aromatic heterocycles. The molecule has 12 nitrogen and oxygen atoms in total. The zero-order valence-electron chi connectivity index (χ0n) is 33.7. The van der Waals surface area contributed by atoms with Crippen molar-refractivity contribution in [1.29, 1.82) is 0 Å². The molecule has 0 aliphatic heterocycles. The average molecular weight is 835 g/mol. The van der Waals surface area contributed by atoms with Gasteiger partial charge in [-0.25, -0.2) is 8.37 Å². The Bertz CT molecular complexity index is 1830. The van der Waals surface area contributed by atoms with Crippen molar-refractivity contribution in [2.75, 3.05) is 20.2 Å². The quantitative estimate of drug-likeness (QED) is 0.0604. The molecule has 0 radical (unpaired) electrons. The van der Waals surface area contributed by atoms with Gasteiger partial charge in [-0.3, -0.25) is 9.11 Å². The molecule has 4 saturated carbocycles. The minimum Gasteiger partial charge on any atom is -0.352 e. The molecule has 0 spiro atoms. The van der Waals surface area contributed by atoms with Crippen LogP contribution in [0.25, 0.3) is 0 Å². The molecule has 4 fully saturated rings. The fraction of sp³-hybridized carbons (Fsp3) is 0.674. The Balaban J connectivity index is 1.22. The molecule has 0 unspecified atom stereocenters. The number of hydrogen-bond donors (Lipinski definition) is 2. The highest BCUT2D eigenvalue weighted by atomic mass is 32.3. The molecule has 14 heteroatoms. The van der Waals surface area contributed by atoms with Crippen LogP contribution in [0.2, 0.25) is 0 Å². The van der Waals surface area contributed by atoms with Gasteiger partial charge in [0.05, 0.1) is 32.0 Å². The predicted octanol–water partition coefficient (Wildman–Crippen LogP) is 8.21. The summed E-state index contributed by atoms with van der Waals surface area (Å²) in [6.45, 7) is 9.71. The minimum absolute atomic E-state index is 0.0572. The molecular formula is C43H62O12S2. The molecule has 4 aliphatic carbocycles. The highest BCUT2D eigenvalue weighted by Gasteiger charge is 2.65. The fourth-order valence-corrected chi connectivity index (χ4v) is 12.4. The first kappa shape index (κ1) is 44.3. The van der Waals surface area contributed by atoms with Gasteiger partial charge < -0.3 is 18.9 Å². The summed E-state index contributed by atoms with van der Waals surface area (Å²) in [5.41, 5.74) is 1.93. The first-order valence-electron chi connectivity index (χ1n) is 20.5. The van der Waals surface area contributed by atoms with Crippen LogP contribution in [0.1, 0.15) is 90.2 Å². The Labute approximate surface area is 339 Å². The summed E-state index contributed by atoms with van der Waals surface area (Å²) in [7, 11) is -9.22. The second kappa shape index (κ2) is 19.0. The van der Waals surface area contributed by atoms with Crippen molar-refractivity contribution >= 4 is 20.8 Å². The normalized spacial score (nSPS) is 34.0. The molecule has 0 heterocycles. The Morgan fingerprint density at radius 1 is 0.737 bits per heavy atom. The third-order valence-corrected chi connectivity index (χ3v) is 15.0. The molecule has 0 amide bonds. The lowest BCUT2D eigenvalue weighted by Crippen LogP contribution is -2.63. The second-order valence-corrected chi connectivity index (χ2v) is 19.7. The van der Waals surface area contributed by atoms with Gasteiger partial charge in [0.15, 0.2) is 0 Å². The highest BCUT2D eigenvalue weighted by molar-refractivity contribution is 7.81. The summed E-state index contributed by atoms with van der Waals surface area (Å²) in [6, 6.07) is 19.8. The first-order chi connectivity index (χ1) is 27.1. The summed E-state index contributed by atoms with van der Waals surface area (Å²) >= 11 is 0. The molecule has 2 aromatic rings. The minimum atomic E-state index is -4.74. The molecule has 318 valence electrons. The third kappa shape index (κ3) is 11.1. The standard InChI is InChI=1S/C43H62O12S2/c1-30(25-54-56(44,45)46)12-11-13-31(2)34-18-19-35-40-36(20-22-42(34,35)3)43(4)23-21-38(55-57(47,48)49)41(53-29-51-27-33-16-9-6-10-17-33)37(43)24-39(40)52-28-50-26-32-14-7-5-8-15-32/h5-12,14-17,30-31,34-41H,13,18-29H2,1-4H3,(H,44,45,46)(H,47,48,49)/b12-11+/t30-,31+,34+,35-,36-,37-,38+,39+,40-,41+,42+,43+/m0/s1. The van der Waals surface area contributed by atoms with E-state index in [2.05, 4.69) is 31.0 Å². The molecule has 0 saturated heterocycles. The molecule has 6 rings (SSSR count). The summed E-state index contributed by atoms with van der Waals surface area (Å²) in [5, 5.41) is 0. The summed E-state index contributed by atoms with van der Waals surface area (Å²) in [4.78, 5) is 0. The van der Waals surface area contributed by atoms with E-state index in [9.17, 15) is 21.4 Å². The van der Waals surface area contributed by atoms with Crippen LogP contribution in [0, 0.1) is 52.3 Å². The lowest BCUT2D eigenvalue weighted by atomic mass is 9.43. The maximum Gasteiger partial charge on any atom is 0.397 e. The number of allylic oxidation sites excluding steroid dienone is 1. The van der Waals surface area contributed by atoms with Crippen LogP contribution in [0.4, 0.5) is 0 Å². The Morgan fingerprint density at radius 2 is 1.33 bits per heavy atom. The van der Waals surface area contributed by atoms with Crippen molar-refractivity contribution in [3.63, 3.8) is 0 Å². The van der Waals surface area contributed by atoms with Gasteiger partial charge in [-0.05, 0) is 115 Å². The number of hydrogen-bond acceptors (Lipinski definition) is 10. The van der Waals surface area contributed by atoms with E-state index in [4.69, 9.17) is 27.7 Å². The van der Waals surface area contributed by atoms with Crippen LogP contribution < -0.4 is 0 Å². The topological polar surface area (TPSA) is 164 Å². The van der Waals surface area contributed by atoms with Gasteiger partial charge in [0.2, 0.25) is 0 Å². The Kier molecular flexibility index (Phi) is 14.8.